The molecular weight excluding hydrogens is 606 g/mol. The molecule has 4 heterocycles. The van der Waals surface area contributed by atoms with Crippen LogP contribution >= 0.6 is 34.7 Å². The van der Waals surface area contributed by atoms with Crippen molar-refractivity contribution in [2.45, 2.75) is 36.9 Å². The van der Waals surface area contributed by atoms with Crippen molar-refractivity contribution >= 4 is 62.9 Å². The molecule has 12 heteroatoms. The van der Waals surface area contributed by atoms with Gasteiger partial charge in [0.05, 0.1) is 23.9 Å². The highest BCUT2D eigenvalue weighted by atomic mass is 35.5. The third-order valence-corrected chi connectivity index (χ3v) is 9.52. The van der Waals surface area contributed by atoms with Crippen molar-refractivity contribution in [2.75, 3.05) is 11.5 Å². The van der Waals surface area contributed by atoms with Crippen molar-refractivity contribution in [2.24, 2.45) is 0 Å². The highest BCUT2D eigenvalue weighted by Gasteiger charge is 2.49. The molecule has 0 spiro atoms. The average Bonchev–Trinajstić information content (AvgIpc) is 3.68. The van der Waals surface area contributed by atoms with Gasteiger partial charge < -0.3 is 14.2 Å². The van der Waals surface area contributed by atoms with E-state index in [4.69, 9.17) is 16.3 Å². The number of amides is 1. The van der Waals surface area contributed by atoms with Gasteiger partial charge in [-0.2, -0.15) is 0 Å². The third kappa shape index (κ3) is 5.39. The molecule has 1 amide bonds. The number of ether oxygens (including phenoxy) is 1. The number of fused-ring (bicyclic) bond motifs is 1. The summed E-state index contributed by atoms with van der Waals surface area (Å²) < 4.78 is 8.08. The quantitative estimate of drug-likeness (QED) is 0.0657. The molecule has 9 nitrogen and oxygen atoms in total. The van der Waals surface area contributed by atoms with Crippen molar-refractivity contribution in [1.29, 1.82) is 0 Å². The molecule has 0 radical (unpaired) electrons. The van der Waals surface area contributed by atoms with Crippen LogP contribution in [0.3, 0.4) is 0 Å². The molecule has 1 unspecified atom stereocenters. The number of halogens is 1. The van der Waals surface area contributed by atoms with Crippen molar-refractivity contribution in [3.8, 4) is 5.75 Å². The molecule has 1 aliphatic heterocycles. The summed E-state index contributed by atoms with van der Waals surface area (Å²) in [5.74, 6) is -0.702. The van der Waals surface area contributed by atoms with Crippen molar-refractivity contribution in [1.82, 2.24) is 19.6 Å². The summed E-state index contributed by atoms with van der Waals surface area (Å²) >= 11 is 8.67. The average molecular weight is 632 g/mol. The lowest BCUT2D eigenvalue weighted by atomic mass is 9.96. The van der Waals surface area contributed by atoms with Gasteiger partial charge in [-0.15, -0.1) is 10.2 Å². The number of aryl methyl sites for hydroxylation is 2. The summed E-state index contributed by atoms with van der Waals surface area (Å²) in [6.07, 6.45) is 1.84. The van der Waals surface area contributed by atoms with Crippen molar-refractivity contribution in [3.05, 3.63) is 106 Å². The lowest BCUT2D eigenvalue weighted by Crippen LogP contribution is -2.29. The Bertz CT molecular complexity index is 1880. The summed E-state index contributed by atoms with van der Waals surface area (Å²) in [7, 11) is 0. The lowest BCUT2D eigenvalue weighted by molar-refractivity contribution is -0.132. The van der Waals surface area contributed by atoms with Crippen molar-refractivity contribution in [3.63, 3.8) is 0 Å². The Labute approximate surface area is 260 Å². The van der Waals surface area contributed by atoms with Crippen molar-refractivity contribution < 1.29 is 19.4 Å². The van der Waals surface area contributed by atoms with Crippen LogP contribution in [0.5, 0.6) is 5.75 Å². The Morgan fingerprint density at radius 2 is 1.81 bits per heavy atom. The van der Waals surface area contributed by atoms with Gasteiger partial charge in [0.2, 0.25) is 5.13 Å². The zero-order valence-electron chi connectivity index (χ0n) is 23.4. The number of rotatable bonds is 8. The molecule has 0 aliphatic carbocycles. The summed E-state index contributed by atoms with van der Waals surface area (Å²) in [6, 6.07) is 17.5. The Kier molecular flexibility index (Phi) is 7.95. The van der Waals surface area contributed by atoms with Crippen LogP contribution in [0.15, 0.2) is 76.8 Å². The number of aromatic nitrogens is 4. The van der Waals surface area contributed by atoms with Gasteiger partial charge >= 0.3 is 5.91 Å². The molecular formula is C31H26ClN5O4S2. The Hall–Kier alpha value is -4.19. The second-order valence-corrected chi connectivity index (χ2v) is 12.5. The molecule has 1 atom stereocenters. The number of aliphatic hydroxyl groups is 1. The van der Waals surface area contributed by atoms with Crippen LogP contribution in [-0.2, 0) is 15.3 Å². The van der Waals surface area contributed by atoms with E-state index in [9.17, 15) is 14.7 Å². The number of carbonyl (C=O) groups is 2. The SMILES string of the molecule is CCOc1ccc(C2/C(=C(\O)c3nc4c(C)cccn4c3C)C(=O)C(=O)N2c2nnc(SCc3ccc(Cl)cc3)s2)cc1. The second kappa shape index (κ2) is 11.8. The largest absolute Gasteiger partial charge is 0.505 e. The molecule has 1 fully saturated rings. The first kappa shape index (κ1) is 28.9. The number of pyridine rings is 1. The van der Waals surface area contributed by atoms with Crippen LogP contribution in [0.1, 0.15) is 41.0 Å². The molecule has 3 aromatic heterocycles. The number of aliphatic hydroxyl groups excluding tert-OH is 1. The smallest absolute Gasteiger partial charge is 0.301 e. The minimum absolute atomic E-state index is 0.0658. The van der Waals surface area contributed by atoms with E-state index in [-0.39, 0.29) is 22.2 Å². The Morgan fingerprint density at radius 1 is 1.07 bits per heavy atom. The van der Waals surface area contributed by atoms with Gasteiger partial charge in [0, 0.05) is 17.0 Å². The van der Waals surface area contributed by atoms with Gasteiger partial charge in [0.1, 0.15) is 17.1 Å². The second-order valence-electron chi connectivity index (χ2n) is 9.87. The fourth-order valence-electron chi connectivity index (χ4n) is 5.02. The van der Waals surface area contributed by atoms with E-state index in [1.54, 1.807) is 24.3 Å². The maximum Gasteiger partial charge on any atom is 0.301 e. The number of nitrogens with zero attached hydrogens (tertiary/aromatic N) is 5. The zero-order chi connectivity index (χ0) is 30.2. The zero-order valence-corrected chi connectivity index (χ0v) is 25.8. The number of hydrogen-bond donors (Lipinski definition) is 1. The predicted molar refractivity (Wildman–Crippen MR) is 168 cm³/mol. The minimum Gasteiger partial charge on any atom is -0.505 e. The first-order chi connectivity index (χ1) is 20.8. The minimum atomic E-state index is -0.956. The monoisotopic (exact) mass is 631 g/mol. The summed E-state index contributed by atoms with van der Waals surface area (Å²) in [6.45, 7) is 6.11. The lowest BCUT2D eigenvalue weighted by Gasteiger charge is -2.22. The molecule has 0 saturated carbocycles. The molecule has 218 valence electrons. The Balaban J connectivity index is 1.43. The fourth-order valence-corrected chi connectivity index (χ4v) is 6.97. The normalized spacial score (nSPS) is 16.4. The molecule has 2 aromatic carbocycles. The maximum atomic E-state index is 13.7. The summed E-state index contributed by atoms with van der Waals surface area (Å²) in [4.78, 5) is 33.3. The van der Waals surface area contributed by atoms with E-state index >= 15 is 0 Å². The first-order valence-corrected chi connectivity index (χ1v) is 15.6. The Morgan fingerprint density at radius 3 is 2.51 bits per heavy atom. The number of thioether (sulfide) groups is 1. The molecule has 1 aliphatic rings. The van der Waals surface area contributed by atoms with Crippen LogP contribution in [-0.4, -0.2) is 43.0 Å². The van der Waals surface area contributed by atoms with E-state index in [1.807, 2.05) is 67.8 Å². The van der Waals surface area contributed by atoms with Gasteiger partial charge in [-0.1, -0.05) is 65.0 Å². The predicted octanol–water partition coefficient (Wildman–Crippen LogP) is 6.77. The number of imidazole rings is 1. The molecule has 1 saturated heterocycles. The number of ketones is 1. The highest BCUT2D eigenvalue weighted by Crippen LogP contribution is 2.44. The molecule has 1 N–H and O–H groups in total. The maximum absolute atomic E-state index is 13.7. The van der Waals surface area contributed by atoms with Crippen LogP contribution in [0.4, 0.5) is 5.13 Å². The number of Topliss-reactive ketones (excluding diaryl/α,β-unsaturated/α-hetero) is 1. The molecule has 43 heavy (non-hydrogen) atoms. The van der Waals surface area contributed by atoms with Gasteiger partial charge in [-0.05, 0) is 67.8 Å². The van der Waals surface area contributed by atoms with Crippen LogP contribution in [0.25, 0.3) is 11.4 Å². The van der Waals surface area contributed by atoms with Gasteiger partial charge in [0.15, 0.2) is 10.1 Å². The highest BCUT2D eigenvalue weighted by molar-refractivity contribution is 8.00. The van der Waals surface area contributed by atoms with E-state index < -0.39 is 17.7 Å². The van der Waals surface area contributed by atoms with E-state index in [2.05, 4.69) is 15.2 Å². The third-order valence-electron chi connectivity index (χ3n) is 7.14. The number of anilines is 1. The van der Waals surface area contributed by atoms with Crippen LogP contribution in [0.2, 0.25) is 5.02 Å². The molecule has 6 rings (SSSR count). The first-order valence-electron chi connectivity index (χ1n) is 13.5. The molecule has 0 bridgehead atoms. The van der Waals surface area contributed by atoms with Crippen LogP contribution in [0, 0.1) is 13.8 Å². The van der Waals surface area contributed by atoms with E-state index in [0.29, 0.717) is 44.4 Å². The van der Waals surface area contributed by atoms with Gasteiger partial charge in [-0.25, -0.2) is 4.98 Å². The number of hydrogen-bond acceptors (Lipinski definition) is 9. The topological polar surface area (TPSA) is 110 Å². The van der Waals surface area contributed by atoms with Crippen LogP contribution < -0.4 is 9.64 Å². The van der Waals surface area contributed by atoms with E-state index in [0.717, 1.165) is 11.1 Å². The fraction of sp³-hybridized carbons (Fsp3) is 0.194. The molecule has 5 aromatic rings. The van der Waals surface area contributed by atoms with E-state index in [1.165, 1.54) is 28.0 Å². The van der Waals surface area contributed by atoms with Gasteiger partial charge in [0.25, 0.3) is 5.78 Å². The number of benzene rings is 2. The summed E-state index contributed by atoms with van der Waals surface area (Å²) in [5, 5.41) is 21.2. The van der Waals surface area contributed by atoms with Gasteiger partial charge in [-0.3, -0.25) is 14.5 Å². The number of carbonyl (C=O) groups excluding carboxylic acids is 2. The summed E-state index contributed by atoms with van der Waals surface area (Å²) in [5.41, 5.74) is 4.03. The standard InChI is InChI=1S/C31H26ClN5O4S2/c1-4-41-22-13-9-20(10-14-22)25-23(26(38)24-18(3)36-15-5-6-17(2)28(36)33-24)27(39)29(40)37(25)30-34-35-31(43-30)42-16-19-7-11-21(32)12-8-19/h5-15,25,38H,4,16H2,1-3H3/b26-23+.